The number of nitrogens with one attached hydrogen (secondary N) is 2. The monoisotopic (exact) mass is 625 g/mol. The third-order valence-corrected chi connectivity index (χ3v) is 9.27. The molecule has 12 heteroatoms. The Morgan fingerprint density at radius 2 is 2.00 bits per heavy atom. The molecule has 1 unspecified atom stereocenters. The number of rotatable bonds is 14. The van der Waals surface area contributed by atoms with Crippen LogP contribution in [-0.2, 0) is 26.8 Å². The second-order valence-electron chi connectivity index (χ2n) is 10.3. The lowest BCUT2D eigenvalue weighted by atomic mass is 9.90. The summed E-state index contributed by atoms with van der Waals surface area (Å²) in [6.45, 7) is 2.93. The first-order valence-electron chi connectivity index (χ1n) is 14.1. The Kier molecular flexibility index (Phi) is 9.74. The second-order valence-corrected chi connectivity index (χ2v) is 13.2. The van der Waals surface area contributed by atoms with Gasteiger partial charge in [-0.1, -0.05) is 30.7 Å². The first-order chi connectivity index (χ1) is 20.8. The Balaban J connectivity index is 1.28. The van der Waals surface area contributed by atoms with Crippen LogP contribution in [0, 0.1) is 5.82 Å². The number of benzene rings is 2. The molecule has 3 heterocycles. The lowest BCUT2D eigenvalue weighted by Gasteiger charge is -2.28. The molecule has 0 aliphatic carbocycles. The van der Waals surface area contributed by atoms with Crippen LogP contribution in [0.4, 0.5) is 15.9 Å². The van der Waals surface area contributed by atoms with Crippen molar-refractivity contribution < 1.29 is 22.3 Å². The maximum atomic E-state index is 13.5. The second kappa shape index (κ2) is 13.7. The fourth-order valence-corrected chi connectivity index (χ4v) is 5.82. The fraction of sp³-hybridized carbons (Fsp3) is 0.323. The minimum absolute atomic E-state index is 0.130. The van der Waals surface area contributed by atoms with E-state index in [9.17, 15) is 12.8 Å². The van der Waals surface area contributed by atoms with E-state index in [0.717, 1.165) is 17.5 Å². The third-order valence-electron chi connectivity index (χ3n) is 7.27. The first kappa shape index (κ1) is 30.7. The number of anilines is 2. The van der Waals surface area contributed by atoms with Crippen LogP contribution < -0.4 is 15.4 Å². The summed E-state index contributed by atoms with van der Waals surface area (Å²) < 4.78 is 48.9. The molecule has 0 fully saturated rings. The molecule has 0 amide bonds. The Morgan fingerprint density at radius 1 is 1.12 bits per heavy atom. The number of ether oxygens (including phenoxy) is 2. The smallest absolute Gasteiger partial charge is 0.153 e. The van der Waals surface area contributed by atoms with Gasteiger partial charge >= 0.3 is 0 Å². The van der Waals surface area contributed by atoms with Gasteiger partial charge in [-0.3, -0.25) is 4.98 Å². The number of aromatic nitrogens is 3. The van der Waals surface area contributed by atoms with Crippen LogP contribution >= 0.6 is 11.6 Å². The zero-order chi connectivity index (χ0) is 30.3. The lowest BCUT2D eigenvalue weighted by molar-refractivity contribution is 0.0265. The van der Waals surface area contributed by atoms with E-state index in [4.69, 9.17) is 26.1 Å². The summed E-state index contributed by atoms with van der Waals surface area (Å²) in [6, 6.07) is 13.5. The SMILES string of the molecule is CCS(=O)(=O)CCNCCCC1(c2cc3c(Nc4ccc(OCc5cccc(F)c5)c(Cl)c4)ncnc3cn2)CC=CO1. The van der Waals surface area contributed by atoms with Crippen molar-refractivity contribution in [1.82, 2.24) is 20.3 Å². The summed E-state index contributed by atoms with van der Waals surface area (Å²) in [6.07, 6.45) is 8.99. The molecule has 0 saturated heterocycles. The molecule has 0 bridgehead atoms. The number of hydrogen-bond acceptors (Lipinski definition) is 9. The lowest BCUT2D eigenvalue weighted by Crippen LogP contribution is -2.29. The highest BCUT2D eigenvalue weighted by molar-refractivity contribution is 7.91. The van der Waals surface area contributed by atoms with Crippen LogP contribution in [-0.4, -0.2) is 48.0 Å². The van der Waals surface area contributed by atoms with Crippen molar-refractivity contribution in [1.29, 1.82) is 0 Å². The van der Waals surface area contributed by atoms with Gasteiger partial charge in [0.15, 0.2) is 15.4 Å². The van der Waals surface area contributed by atoms with E-state index < -0.39 is 15.4 Å². The maximum Gasteiger partial charge on any atom is 0.153 e. The molecule has 2 aromatic carbocycles. The number of sulfone groups is 1. The van der Waals surface area contributed by atoms with Crippen LogP contribution in [0.15, 0.2) is 73.4 Å². The van der Waals surface area contributed by atoms with Gasteiger partial charge in [-0.05, 0) is 67.4 Å². The first-order valence-corrected chi connectivity index (χ1v) is 16.3. The average Bonchev–Trinajstić information content (AvgIpc) is 3.48. The van der Waals surface area contributed by atoms with E-state index in [1.54, 1.807) is 43.6 Å². The Morgan fingerprint density at radius 3 is 2.77 bits per heavy atom. The summed E-state index contributed by atoms with van der Waals surface area (Å²) in [5, 5.41) is 7.71. The molecule has 1 atom stereocenters. The topological polar surface area (TPSA) is 115 Å². The van der Waals surface area contributed by atoms with E-state index >= 15 is 0 Å². The molecule has 2 aromatic heterocycles. The zero-order valence-corrected chi connectivity index (χ0v) is 25.3. The molecule has 0 radical (unpaired) electrons. The molecule has 43 heavy (non-hydrogen) atoms. The summed E-state index contributed by atoms with van der Waals surface area (Å²) in [5.41, 5.74) is 2.19. The minimum atomic E-state index is -2.99. The largest absolute Gasteiger partial charge is 0.489 e. The van der Waals surface area contributed by atoms with Crippen LogP contribution in [0.1, 0.15) is 37.4 Å². The van der Waals surface area contributed by atoms with Gasteiger partial charge in [0.05, 0.1) is 34.4 Å². The molecular formula is C31H33ClFN5O4S. The molecular weight excluding hydrogens is 593 g/mol. The molecule has 0 saturated carbocycles. The third kappa shape index (κ3) is 7.78. The van der Waals surface area contributed by atoms with Crippen molar-refractivity contribution in [2.45, 2.75) is 38.4 Å². The van der Waals surface area contributed by atoms with Crippen molar-refractivity contribution in [2.24, 2.45) is 0 Å². The molecule has 226 valence electrons. The van der Waals surface area contributed by atoms with Gasteiger partial charge in [-0.15, -0.1) is 0 Å². The Hall–Kier alpha value is -3.80. The van der Waals surface area contributed by atoms with Crippen molar-refractivity contribution in [2.75, 3.05) is 29.9 Å². The van der Waals surface area contributed by atoms with Crippen LogP contribution in [0.25, 0.3) is 10.9 Å². The van der Waals surface area contributed by atoms with Gasteiger partial charge in [-0.2, -0.15) is 0 Å². The highest BCUT2D eigenvalue weighted by Crippen LogP contribution is 2.39. The van der Waals surface area contributed by atoms with Crippen molar-refractivity contribution >= 4 is 43.8 Å². The van der Waals surface area contributed by atoms with E-state index in [1.807, 2.05) is 18.2 Å². The average molecular weight is 626 g/mol. The highest BCUT2D eigenvalue weighted by atomic mass is 35.5. The van der Waals surface area contributed by atoms with Gasteiger partial charge in [-0.25, -0.2) is 22.8 Å². The van der Waals surface area contributed by atoms with Crippen LogP contribution in [0.5, 0.6) is 5.75 Å². The molecule has 2 N–H and O–H groups in total. The zero-order valence-electron chi connectivity index (χ0n) is 23.7. The molecule has 9 nitrogen and oxygen atoms in total. The van der Waals surface area contributed by atoms with Crippen molar-refractivity contribution in [3.8, 4) is 5.75 Å². The number of fused-ring (bicyclic) bond motifs is 1. The van der Waals surface area contributed by atoms with Gasteiger partial charge in [0, 0.05) is 29.8 Å². The summed E-state index contributed by atoms with van der Waals surface area (Å²) in [4.78, 5) is 13.6. The molecule has 1 aliphatic rings. The summed E-state index contributed by atoms with van der Waals surface area (Å²) in [5.74, 6) is 1.02. The summed E-state index contributed by atoms with van der Waals surface area (Å²) >= 11 is 6.51. The predicted molar refractivity (Wildman–Crippen MR) is 166 cm³/mol. The molecule has 5 rings (SSSR count). The maximum absolute atomic E-state index is 13.5. The summed E-state index contributed by atoms with van der Waals surface area (Å²) in [7, 11) is -2.99. The van der Waals surface area contributed by atoms with Crippen LogP contribution in [0.2, 0.25) is 5.02 Å². The van der Waals surface area contributed by atoms with E-state index in [1.165, 1.54) is 18.5 Å². The quantitative estimate of drug-likeness (QED) is 0.161. The fourth-order valence-electron chi connectivity index (χ4n) is 4.84. The molecule has 4 aromatic rings. The van der Waals surface area contributed by atoms with E-state index in [0.29, 0.717) is 59.3 Å². The normalized spacial score (nSPS) is 16.3. The van der Waals surface area contributed by atoms with Gasteiger partial charge in [0.25, 0.3) is 0 Å². The van der Waals surface area contributed by atoms with Gasteiger partial charge in [0.1, 0.15) is 30.3 Å². The Labute approximate surface area is 255 Å². The number of halogens is 2. The minimum Gasteiger partial charge on any atom is -0.489 e. The van der Waals surface area contributed by atoms with Crippen molar-refractivity contribution in [3.05, 3.63) is 95.5 Å². The van der Waals surface area contributed by atoms with Gasteiger partial charge < -0.3 is 20.1 Å². The van der Waals surface area contributed by atoms with Gasteiger partial charge in [0.2, 0.25) is 0 Å². The number of pyridine rings is 1. The predicted octanol–water partition coefficient (Wildman–Crippen LogP) is 6.07. The number of nitrogens with zero attached hydrogens (tertiary/aromatic N) is 3. The number of hydrogen-bond donors (Lipinski definition) is 2. The van der Waals surface area contributed by atoms with Crippen molar-refractivity contribution in [3.63, 3.8) is 0 Å². The molecule has 1 aliphatic heterocycles. The van der Waals surface area contributed by atoms with Crippen LogP contribution in [0.3, 0.4) is 0 Å². The standard InChI is InChI=1S/C31H33ClFN5O4S/c1-2-43(39,40)15-13-34-12-4-10-31(11-5-14-42-31)29-18-25-27(19-35-29)36-21-37-30(25)38-24-8-9-28(26(32)17-24)41-20-22-6-3-7-23(33)16-22/h3,5-9,14,16-19,21,34H,2,4,10-13,15,20H2,1H3,(H,36,37,38). The molecule has 0 spiro atoms. The highest BCUT2D eigenvalue weighted by Gasteiger charge is 2.36. The van der Waals surface area contributed by atoms with E-state index in [2.05, 4.69) is 20.6 Å². The Bertz CT molecular complexity index is 1710. The van der Waals surface area contributed by atoms with E-state index in [-0.39, 0.29) is 23.9 Å².